The van der Waals surface area contributed by atoms with E-state index in [2.05, 4.69) is 19.6 Å². The van der Waals surface area contributed by atoms with E-state index in [9.17, 15) is 9.50 Å². The van der Waals surface area contributed by atoms with Crippen molar-refractivity contribution < 1.29 is 9.50 Å². The average molecular weight is 314 g/mol. The summed E-state index contributed by atoms with van der Waals surface area (Å²) >= 11 is 4.71. The molecule has 2 N–H and O–H groups in total. The van der Waals surface area contributed by atoms with Gasteiger partial charge in [-0.3, -0.25) is 0 Å². The van der Waals surface area contributed by atoms with Crippen LogP contribution in [-0.2, 0) is 12.4 Å². The number of phenolic OH excluding ortho intramolecular Hbond substituents is 1. The number of hydrogen-bond acceptors (Lipinski definition) is 6. The summed E-state index contributed by atoms with van der Waals surface area (Å²) in [7, 11) is 0. The Morgan fingerprint density at radius 2 is 2.05 bits per heavy atom. The second kappa shape index (κ2) is 5.61. The van der Waals surface area contributed by atoms with Crippen molar-refractivity contribution >= 4 is 40.5 Å². The van der Waals surface area contributed by atoms with Crippen LogP contribution < -0.4 is 5.32 Å². The van der Waals surface area contributed by atoms with Crippen LogP contribution in [0.25, 0.3) is 10.9 Å². The van der Waals surface area contributed by atoms with Crippen LogP contribution >= 0.6 is 0 Å². The first kappa shape index (κ1) is 14.3. The molecule has 1 heterocycles. The molecule has 0 spiro atoms. The third-order valence-electron chi connectivity index (χ3n) is 3.24. The zero-order chi connectivity index (χ0) is 15.7. The molecule has 0 aliphatic heterocycles. The van der Waals surface area contributed by atoms with E-state index in [1.165, 1.54) is 18.5 Å². The number of phenols is 1. The lowest BCUT2D eigenvalue weighted by atomic mass is 10.1. The lowest BCUT2D eigenvalue weighted by Gasteiger charge is -2.11. The van der Waals surface area contributed by atoms with Gasteiger partial charge in [0.05, 0.1) is 16.9 Å². The fourth-order valence-corrected chi connectivity index (χ4v) is 2.36. The molecule has 1 aromatic heterocycles. The van der Waals surface area contributed by atoms with Crippen molar-refractivity contribution in [3.8, 4) is 5.75 Å². The fraction of sp³-hybridized carbons (Fsp3) is 0.0667. The summed E-state index contributed by atoms with van der Waals surface area (Å²) in [5.74, 6) is -0.189. The smallest absolute Gasteiger partial charge is 0.142 e. The normalized spacial score (nSPS) is 10.6. The SMILES string of the molecule is Cc1cc(N=S)cc2ncnc(Nc3ccc(F)cc3O)c12. The molecule has 22 heavy (non-hydrogen) atoms. The van der Waals surface area contributed by atoms with E-state index in [0.717, 1.165) is 17.0 Å². The molecule has 0 saturated heterocycles. The van der Waals surface area contributed by atoms with Gasteiger partial charge in [0.15, 0.2) is 0 Å². The molecule has 0 bridgehead atoms. The topological polar surface area (TPSA) is 70.4 Å². The maximum absolute atomic E-state index is 13.1. The average Bonchev–Trinajstić information content (AvgIpc) is 2.49. The minimum Gasteiger partial charge on any atom is -0.506 e. The molecule has 0 atom stereocenters. The maximum Gasteiger partial charge on any atom is 0.142 e. The number of anilines is 2. The number of benzene rings is 2. The van der Waals surface area contributed by atoms with Crippen LogP contribution in [0.15, 0.2) is 41.0 Å². The number of halogens is 1. The Morgan fingerprint density at radius 3 is 2.77 bits per heavy atom. The minimum atomic E-state index is -0.511. The predicted molar refractivity (Wildman–Crippen MR) is 85.1 cm³/mol. The summed E-state index contributed by atoms with van der Waals surface area (Å²) < 4.78 is 16.8. The van der Waals surface area contributed by atoms with Crippen LogP contribution in [0.2, 0.25) is 0 Å². The van der Waals surface area contributed by atoms with Crippen molar-refractivity contribution in [2.75, 3.05) is 5.32 Å². The lowest BCUT2D eigenvalue weighted by molar-refractivity contribution is 0.471. The van der Waals surface area contributed by atoms with Crippen LogP contribution in [0.3, 0.4) is 0 Å². The van der Waals surface area contributed by atoms with Crippen molar-refractivity contribution in [2.45, 2.75) is 6.92 Å². The molecule has 0 unspecified atom stereocenters. The second-order valence-corrected chi connectivity index (χ2v) is 4.94. The van der Waals surface area contributed by atoms with Gasteiger partial charge in [0.2, 0.25) is 0 Å². The number of aromatic nitrogens is 2. The predicted octanol–water partition coefficient (Wildman–Crippen LogP) is 3.89. The molecule has 0 fully saturated rings. The van der Waals surface area contributed by atoms with E-state index >= 15 is 0 Å². The minimum absolute atomic E-state index is 0.193. The number of aryl methyl sites for hydroxylation is 1. The van der Waals surface area contributed by atoms with Gasteiger partial charge in [0, 0.05) is 23.9 Å². The molecule has 0 radical (unpaired) electrons. The molecule has 110 valence electrons. The summed E-state index contributed by atoms with van der Waals surface area (Å²) in [6.07, 6.45) is 1.40. The highest BCUT2D eigenvalue weighted by molar-refractivity contribution is 7.47. The Bertz CT molecular complexity index is 885. The van der Waals surface area contributed by atoms with E-state index in [0.29, 0.717) is 22.7 Å². The van der Waals surface area contributed by atoms with E-state index in [-0.39, 0.29) is 5.75 Å². The van der Waals surface area contributed by atoms with Crippen molar-refractivity contribution in [2.24, 2.45) is 4.36 Å². The summed E-state index contributed by atoms with van der Waals surface area (Å²) in [6.45, 7) is 1.89. The van der Waals surface area contributed by atoms with Gasteiger partial charge < -0.3 is 10.4 Å². The summed E-state index contributed by atoms with van der Waals surface area (Å²) in [6, 6.07) is 7.32. The zero-order valence-corrected chi connectivity index (χ0v) is 12.4. The highest BCUT2D eigenvalue weighted by Crippen LogP contribution is 2.32. The number of aromatic hydroxyl groups is 1. The van der Waals surface area contributed by atoms with E-state index in [1.54, 1.807) is 6.07 Å². The summed E-state index contributed by atoms with van der Waals surface area (Å²) in [5, 5.41) is 13.6. The van der Waals surface area contributed by atoms with Gasteiger partial charge in [0.25, 0.3) is 0 Å². The first-order valence-electron chi connectivity index (χ1n) is 6.43. The number of rotatable bonds is 3. The molecule has 3 rings (SSSR count). The molecular formula is C15H11FN4OS. The van der Waals surface area contributed by atoms with Gasteiger partial charge in [-0.15, -0.1) is 0 Å². The lowest BCUT2D eigenvalue weighted by Crippen LogP contribution is -1.98. The fourth-order valence-electron chi connectivity index (χ4n) is 2.26. The monoisotopic (exact) mass is 314 g/mol. The first-order valence-corrected chi connectivity index (χ1v) is 6.79. The number of nitrogens with zero attached hydrogens (tertiary/aromatic N) is 3. The van der Waals surface area contributed by atoms with Crippen molar-refractivity contribution in [3.63, 3.8) is 0 Å². The Morgan fingerprint density at radius 1 is 1.23 bits per heavy atom. The molecular weight excluding hydrogens is 303 g/mol. The van der Waals surface area contributed by atoms with Crippen LogP contribution in [0.4, 0.5) is 21.6 Å². The highest BCUT2D eigenvalue weighted by Gasteiger charge is 2.11. The van der Waals surface area contributed by atoms with Crippen LogP contribution in [0, 0.1) is 12.7 Å². The summed E-state index contributed by atoms with van der Waals surface area (Å²) in [4.78, 5) is 8.41. The maximum atomic E-state index is 13.1. The number of nitrogens with one attached hydrogen (secondary N) is 1. The highest BCUT2D eigenvalue weighted by atomic mass is 32.1. The van der Waals surface area contributed by atoms with Crippen molar-refractivity contribution in [1.82, 2.24) is 9.97 Å². The van der Waals surface area contributed by atoms with Gasteiger partial charge in [-0.1, -0.05) is 0 Å². The molecule has 0 amide bonds. The largest absolute Gasteiger partial charge is 0.506 e. The Balaban J connectivity index is 2.13. The molecule has 0 aliphatic carbocycles. The van der Waals surface area contributed by atoms with E-state index in [4.69, 9.17) is 12.4 Å². The first-order chi connectivity index (χ1) is 10.6. The quantitative estimate of drug-likeness (QED) is 0.718. The van der Waals surface area contributed by atoms with Crippen molar-refractivity contribution in [1.29, 1.82) is 0 Å². The third kappa shape index (κ3) is 2.58. The van der Waals surface area contributed by atoms with Crippen molar-refractivity contribution in [3.05, 3.63) is 48.0 Å². The van der Waals surface area contributed by atoms with Crippen LogP contribution in [0.1, 0.15) is 5.56 Å². The van der Waals surface area contributed by atoms with Crippen LogP contribution in [0.5, 0.6) is 5.75 Å². The molecule has 7 heteroatoms. The molecule has 3 aromatic rings. The zero-order valence-electron chi connectivity index (χ0n) is 11.5. The second-order valence-electron chi connectivity index (χ2n) is 4.76. The Hall–Kier alpha value is -2.67. The van der Waals surface area contributed by atoms with Gasteiger partial charge >= 0.3 is 0 Å². The molecule has 2 aromatic carbocycles. The van der Waals surface area contributed by atoms with Gasteiger partial charge in [-0.25, -0.2) is 14.4 Å². The number of hydrogen-bond donors (Lipinski definition) is 2. The molecule has 0 saturated carbocycles. The third-order valence-corrected chi connectivity index (χ3v) is 3.45. The van der Waals surface area contributed by atoms with Crippen LogP contribution in [-0.4, -0.2) is 15.1 Å². The van der Waals surface area contributed by atoms with Gasteiger partial charge in [-0.2, -0.15) is 4.36 Å². The van der Waals surface area contributed by atoms with E-state index in [1.807, 2.05) is 13.0 Å². The standard InChI is InChI=1S/C15H11FN4OS/c1-8-4-10(20-22)6-12-14(8)15(18-7-17-12)19-11-3-2-9(16)5-13(11)21/h2-7,21H,1H3,(H,17,18,19). The number of fused-ring (bicyclic) bond motifs is 1. The Kier molecular flexibility index (Phi) is 3.64. The molecule has 0 aliphatic rings. The Labute approximate surface area is 131 Å². The van der Waals surface area contributed by atoms with Gasteiger partial charge in [0.1, 0.15) is 23.7 Å². The van der Waals surface area contributed by atoms with E-state index < -0.39 is 5.82 Å². The summed E-state index contributed by atoms with van der Waals surface area (Å²) in [5.41, 5.74) is 2.58. The van der Waals surface area contributed by atoms with Gasteiger partial charge in [-0.05, 0) is 36.8 Å². The molecule has 5 nitrogen and oxygen atoms in total.